The van der Waals surface area contributed by atoms with Crippen molar-refractivity contribution in [3.05, 3.63) is 24.3 Å². The standard InChI is InChI=1S/C21H31N3O3/c1-3-20(25)24-14-10-18(11-15-24)23-12-8-16(9-13-23)21(26)22-17-4-6-19(27-2)7-5-17/h4-7,16,18H,3,8-15H2,1-2H3,(H,22,26). The molecule has 27 heavy (non-hydrogen) atoms. The Labute approximate surface area is 161 Å². The average Bonchev–Trinajstić information content (AvgIpc) is 2.74. The summed E-state index contributed by atoms with van der Waals surface area (Å²) < 4.78 is 5.15. The molecule has 2 fully saturated rings. The van der Waals surface area contributed by atoms with Gasteiger partial charge in [0.25, 0.3) is 0 Å². The number of carbonyl (C=O) groups excluding carboxylic acids is 2. The summed E-state index contributed by atoms with van der Waals surface area (Å²) in [5.74, 6) is 1.24. The van der Waals surface area contributed by atoms with E-state index in [1.54, 1.807) is 7.11 Å². The fourth-order valence-corrected chi connectivity index (χ4v) is 4.15. The topological polar surface area (TPSA) is 61.9 Å². The molecular formula is C21H31N3O3. The maximum Gasteiger partial charge on any atom is 0.227 e. The molecule has 6 nitrogen and oxygen atoms in total. The quantitative estimate of drug-likeness (QED) is 0.862. The first-order valence-corrected chi connectivity index (χ1v) is 10.1. The van der Waals surface area contributed by atoms with E-state index in [2.05, 4.69) is 10.2 Å². The van der Waals surface area contributed by atoms with E-state index in [4.69, 9.17) is 4.74 Å². The second-order valence-corrected chi connectivity index (χ2v) is 7.49. The third-order valence-electron chi connectivity index (χ3n) is 5.89. The van der Waals surface area contributed by atoms with Crippen molar-refractivity contribution < 1.29 is 14.3 Å². The van der Waals surface area contributed by atoms with Crippen LogP contribution >= 0.6 is 0 Å². The number of anilines is 1. The summed E-state index contributed by atoms with van der Waals surface area (Å²) >= 11 is 0. The van der Waals surface area contributed by atoms with Crippen molar-refractivity contribution in [2.75, 3.05) is 38.6 Å². The van der Waals surface area contributed by atoms with E-state index in [9.17, 15) is 9.59 Å². The number of likely N-dealkylation sites (tertiary alicyclic amines) is 2. The Morgan fingerprint density at radius 1 is 1.04 bits per heavy atom. The first kappa shape index (κ1) is 19.7. The fraction of sp³-hybridized carbons (Fsp3) is 0.619. The molecule has 2 aliphatic heterocycles. The summed E-state index contributed by atoms with van der Waals surface area (Å²) in [6.07, 6.45) is 4.49. The van der Waals surface area contributed by atoms with Gasteiger partial charge in [-0.3, -0.25) is 9.59 Å². The number of carbonyl (C=O) groups is 2. The second kappa shape index (κ2) is 9.22. The van der Waals surface area contributed by atoms with E-state index in [1.807, 2.05) is 36.1 Å². The van der Waals surface area contributed by atoms with E-state index < -0.39 is 0 Å². The minimum Gasteiger partial charge on any atom is -0.497 e. The minimum absolute atomic E-state index is 0.0742. The molecule has 0 aromatic heterocycles. The van der Waals surface area contributed by atoms with Gasteiger partial charge in [0.15, 0.2) is 0 Å². The summed E-state index contributed by atoms with van der Waals surface area (Å²) in [4.78, 5) is 28.9. The lowest BCUT2D eigenvalue weighted by molar-refractivity contribution is -0.132. The van der Waals surface area contributed by atoms with Gasteiger partial charge in [0.1, 0.15) is 5.75 Å². The number of amides is 2. The summed E-state index contributed by atoms with van der Waals surface area (Å²) in [5.41, 5.74) is 0.816. The predicted octanol–water partition coefficient (Wildman–Crippen LogP) is 2.75. The average molecular weight is 373 g/mol. The van der Waals surface area contributed by atoms with Crippen molar-refractivity contribution >= 4 is 17.5 Å². The van der Waals surface area contributed by atoms with Gasteiger partial charge in [0, 0.05) is 37.2 Å². The van der Waals surface area contributed by atoms with Crippen LogP contribution in [0.5, 0.6) is 5.75 Å². The van der Waals surface area contributed by atoms with Crippen LogP contribution < -0.4 is 10.1 Å². The molecule has 0 saturated carbocycles. The maximum atomic E-state index is 12.6. The van der Waals surface area contributed by atoms with E-state index >= 15 is 0 Å². The normalized spacial score (nSPS) is 19.7. The highest BCUT2D eigenvalue weighted by molar-refractivity contribution is 5.92. The molecule has 6 heteroatoms. The molecule has 1 aromatic carbocycles. The van der Waals surface area contributed by atoms with Crippen molar-refractivity contribution in [2.24, 2.45) is 5.92 Å². The van der Waals surface area contributed by atoms with Gasteiger partial charge in [-0.15, -0.1) is 0 Å². The number of benzene rings is 1. The molecule has 1 aromatic rings. The summed E-state index contributed by atoms with van der Waals surface area (Å²) in [6, 6.07) is 8.01. The van der Waals surface area contributed by atoms with Gasteiger partial charge >= 0.3 is 0 Å². The summed E-state index contributed by atoms with van der Waals surface area (Å²) in [5, 5.41) is 3.02. The first-order chi connectivity index (χ1) is 13.1. The summed E-state index contributed by atoms with van der Waals surface area (Å²) in [7, 11) is 1.63. The van der Waals surface area contributed by atoms with Crippen LogP contribution in [0.4, 0.5) is 5.69 Å². The zero-order chi connectivity index (χ0) is 19.2. The molecule has 2 amide bonds. The van der Waals surface area contributed by atoms with E-state index in [0.29, 0.717) is 12.5 Å². The van der Waals surface area contributed by atoms with Gasteiger partial charge in [0.2, 0.25) is 11.8 Å². The number of nitrogens with zero attached hydrogens (tertiary/aromatic N) is 2. The Hall–Kier alpha value is -2.08. The number of nitrogens with one attached hydrogen (secondary N) is 1. The van der Waals surface area contributed by atoms with Crippen LogP contribution in [0.15, 0.2) is 24.3 Å². The minimum atomic E-state index is 0.0742. The monoisotopic (exact) mass is 373 g/mol. The first-order valence-electron chi connectivity index (χ1n) is 10.1. The molecule has 3 rings (SSSR count). The Kier molecular flexibility index (Phi) is 6.72. The Morgan fingerprint density at radius 2 is 1.67 bits per heavy atom. The maximum absolute atomic E-state index is 12.6. The largest absolute Gasteiger partial charge is 0.497 e. The lowest BCUT2D eigenvalue weighted by Crippen LogP contribution is -2.49. The number of ether oxygens (including phenoxy) is 1. The molecule has 1 N–H and O–H groups in total. The van der Waals surface area contributed by atoms with Gasteiger partial charge in [-0.1, -0.05) is 6.92 Å². The fourth-order valence-electron chi connectivity index (χ4n) is 4.15. The van der Waals surface area contributed by atoms with Crippen molar-refractivity contribution in [3.8, 4) is 5.75 Å². The van der Waals surface area contributed by atoms with Crippen LogP contribution in [-0.2, 0) is 9.59 Å². The molecule has 2 aliphatic rings. The third kappa shape index (κ3) is 5.01. The molecule has 0 bridgehead atoms. The van der Waals surface area contributed by atoms with Crippen LogP contribution in [-0.4, -0.2) is 60.9 Å². The summed E-state index contributed by atoms with van der Waals surface area (Å²) in [6.45, 7) is 5.60. The molecule has 0 radical (unpaired) electrons. The highest BCUT2D eigenvalue weighted by Crippen LogP contribution is 2.25. The lowest BCUT2D eigenvalue weighted by Gasteiger charge is -2.41. The van der Waals surface area contributed by atoms with Crippen LogP contribution in [0.1, 0.15) is 39.0 Å². The zero-order valence-electron chi connectivity index (χ0n) is 16.4. The van der Waals surface area contributed by atoms with Crippen molar-refractivity contribution in [2.45, 2.75) is 45.1 Å². The molecule has 0 spiro atoms. The molecule has 0 atom stereocenters. The molecular weight excluding hydrogens is 342 g/mol. The van der Waals surface area contributed by atoms with Gasteiger partial charge in [0.05, 0.1) is 7.11 Å². The van der Waals surface area contributed by atoms with Crippen molar-refractivity contribution in [1.82, 2.24) is 9.80 Å². The number of hydrogen-bond acceptors (Lipinski definition) is 4. The Bertz CT molecular complexity index is 631. The van der Waals surface area contributed by atoms with E-state index in [-0.39, 0.29) is 17.7 Å². The Morgan fingerprint density at radius 3 is 2.22 bits per heavy atom. The lowest BCUT2D eigenvalue weighted by atomic mass is 9.92. The SMILES string of the molecule is CCC(=O)N1CCC(N2CCC(C(=O)Nc3ccc(OC)cc3)CC2)CC1. The molecule has 148 valence electrons. The predicted molar refractivity (Wildman–Crippen MR) is 106 cm³/mol. The number of methoxy groups -OCH3 is 1. The van der Waals surface area contributed by atoms with Gasteiger partial charge in [-0.05, 0) is 63.0 Å². The number of rotatable bonds is 5. The van der Waals surface area contributed by atoms with Crippen LogP contribution in [0.3, 0.4) is 0 Å². The highest BCUT2D eigenvalue weighted by Gasteiger charge is 2.31. The smallest absolute Gasteiger partial charge is 0.227 e. The Balaban J connectivity index is 1.43. The number of piperidine rings is 2. The molecule has 0 aliphatic carbocycles. The molecule has 2 saturated heterocycles. The van der Waals surface area contributed by atoms with Gasteiger partial charge in [-0.25, -0.2) is 0 Å². The van der Waals surface area contributed by atoms with Crippen LogP contribution in [0.25, 0.3) is 0 Å². The van der Waals surface area contributed by atoms with Gasteiger partial charge in [-0.2, -0.15) is 0 Å². The molecule has 2 heterocycles. The highest BCUT2D eigenvalue weighted by atomic mass is 16.5. The molecule has 0 unspecified atom stereocenters. The number of hydrogen-bond donors (Lipinski definition) is 1. The van der Waals surface area contributed by atoms with Gasteiger partial charge < -0.3 is 19.9 Å². The third-order valence-corrected chi connectivity index (χ3v) is 5.89. The van der Waals surface area contributed by atoms with E-state index in [1.165, 1.54) is 0 Å². The van der Waals surface area contributed by atoms with Crippen molar-refractivity contribution in [3.63, 3.8) is 0 Å². The second-order valence-electron chi connectivity index (χ2n) is 7.49. The van der Waals surface area contributed by atoms with Crippen LogP contribution in [0, 0.1) is 5.92 Å². The zero-order valence-corrected chi connectivity index (χ0v) is 16.4. The van der Waals surface area contributed by atoms with E-state index in [0.717, 1.165) is 63.3 Å². The van der Waals surface area contributed by atoms with Crippen LogP contribution in [0.2, 0.25) is 0 Å². The van der Waals surface area contributed by atoms with Crippen molar-refractivity contribution in [1.29, 1.82) is 0 Å².